The van der Waals surface area contributed by atoms with Crippen LogP contribution < -0.4 is 24.8 Å². The number of carbonyl (C=O) groups excluding carboxylic acids is 2. The van der Waals surface area contributed by atoms with Gasteiger partial charge in [-0.05, 0) is 60.7 Å². The quantitative estimate of drug-likeness (QED) is 0.507. The topological polar surface area (TPSA) is 110 Å². The highest BCUT2D eigenvalue weighted by Gasteiger charge is 2.14. The molecule has 0 aromatic heterocycles. The van der Waals surface area contributed by atoms with E-state index in [4.69, 9.17) is 31.1 Å². The Bertz CT molecular complexity index is 1210. The lowest BCUT2D eigenvalue weighted by molar-refractivity contribution is -0.118. The first-order valence-electron chi connectivity index (χ1n) is 9.69. The summed E-state index contributed by atoms with van der Waals surface area (Å²) in [7, 11) is 2.99. The molecule has 0 aliphatic carbocycles. The molecule has 168 valence electrons. The molecule has 0 atom stereocenters. The molecule has 0 radical (unpaired) electrons. The van der Waals surface area contributed by atoms with Crippen LogP contribution in [0, 0.1) is 11.3 Å². The maximum atomic E-state index is 12.6. The van der Waals surface area contributed by atoms with Crippen LogP contribution in [0.25, 0.3) is 0 Å². The Morgan fingerprint density at radius 2 is 1.64 bits per heavy atom. The first kappa shape index (κ1) is 23.4. The van der Waals surface area contributed by atoms with Gasteiger partial charge in [0.15, 0.2) is 18.1 Å². The van der Waals surface area contributed by atoms with Gasteiger partial charge in [-0.2, -0.15) is 5.26 Å². The van der Waals surface area contributed by atoms with Crippen molar-refractivity contribution >= 4 is 34.8 Å². The second kappa shape index (κ2) is 10.9. The minimum atomic E-state index is -0.405. The largest absolute Gasteiger partial charge is 0.497 e. The van der Waals surface area contributed by atoms with Crippen LogP contribution in [0.2, 0.25) is 5.02 Å². The number of benzene rings is 3. The Kier molecular flexibility index (Phi) is 7.73. The second-order valence-electron chi connectivity index (χ2n) is 6.69. The fourth-order valence-corrected chi connectivity index (χ4v) is 3.05. The third kappa shape index (κ3) is 6.15. The van der Waals surface area contributed by atoms with Crippen molar-refractivity contribution < 1.29 is 23.8 Å². The van der Waals surface area contributed by atoms with Gasteiger partial charge in [-0.15, -0.1) is 0 Å². The Labute approximate surface area is 195 Å². The molecule has 0 aliphatic heterocycles. The normalized spacial score (nSPS) is 10.0. The minimum Gasteiger partial charge on any atom is -0.497 e. The first-order chi connectivity index (χ1) is 15.9. The van der Waals surface area contributed by atoms with Crippen LogP contribution in [0.15, 0.2) is 60.7 Å². The van der Waals surface area contributed by atoms with Crippen molar-refractivity contribution in [1.29, 1.82) is 5.26 Å². The van der Waals surface area contributed by atoms with Crippen molar-refractivity contribution in [3.63, 3.8) is 0 Å². The number of nitriles is 1. The van der Waals surface area contributed by atoms with E-state index in [1.54, 1.807) is 49.6 Å². The van der Waals surface area contributed by atoms with E-state index in [2.05, 4.69) is 10.6 Å². The third-order valence-corrected chi connectivity index (χ3v) is 4.82. The number of rotatable bonds is 8. The van der Waals surface area contributed by atoms with Crippen LogP contribution in [0.4, 0.5) is 11.4 Å². The van der Waals surface area contributed by atoms with Crippen molar-refractivity contribution in [2.45, 2.75) is 0 Å². The molecule has 3 aromatic carbocycles. The molecule has 0 saturated heterocycles. The van der Waals surface area contributed by atoms with Gasteiger partial charge in [0.05, 0.1) is 24.8 Å². The number of ether oxygens (including phenoxy) is 3. The van der Waals surface area contributed by atoms with Gasteiger partial charge in [-0.3, -0.25) is 9.59 Å². The molecule has 3 rings (SSSR count). The zero-order valence-corrected chi connectivity index (χ0v) is 18.6. The number of hydrogen-bond donors (Lipinski definition) is 2. The van der Waals surface area contributed by atoms with Crippen molar-refractivity contribution in [2.24, 2.45) is 0 Å². The number of anilines is 2. The van der Waals surface area contributed by atoms with Crippen LogP contribution in [0.3, 0.4) is 0 Å². The predicted molar refractivity (Wildman–Crippen MR) is 124 cm³/mol. The van der Waals surface area contributed by atoms with Gasteiger partial charge in [0.25, 0.3) is 11.8 Å². The molecule has 0 heterocycles. The lowest BCUT2D eigenvalue weighted by atomic mass is 10.1. The van der Waals surface area contributed by atoms with Crippen LogP contribution in [0.1, 0.15) is 15.9 Å². The lowest BCUT2D eigenvalue weighted by Gasteiger charge is -2.13. The number of carbonyl (C=O) groups is 2. The lowest BCUT2D eigenvalue weighted by Crippen LogP contribution is -2.20. The van der Waals surface area contributed by atoms with Gasteiger partial charge in [0.1, 0.15) is 11.8 Å². The molecule has 2 N–H and O–H groups in total. The summed E-state index contributed by atoms with van der Waals surface area (Å²) in [4.78, 5) is 24.8. The minimum absolute atomic E-state index is 0.240. The van der Waals surface area contributed by atoms with Gasteiger partial charge in [0, 0.05) is 16.9 Å². The smallest absolute Gasteiger partial charge is 0.262 e. The Morgan fingerprint density at radius 3 is 2.27 bits per heavy atom. The summed E-state index contributed by atoms with van der Waals surface area (Å²) in [5, 5.41) is 14.6. The number of amides is 2. The van der Waals surface area contributed by atoms with Crippen LogP contribution in [-0.2, 0) is 4.79 Å². The summed E-state index contributed by atoms with van der Waals surface area (Å²) in [5.41, 5.74) is 1.67. The van der Waals surface area contributed by atoms with E-state index < -0.39 is 5.91 Å². The maximum absolute atomic E-state index is 12.6. The fourth-order valence-electron chi connectivity index (χ4n) is 2.83. The first-order valence-corrected chi connectivity index (χ1v) is 10.1. The molecule has 0 fully saturated rings. The van der Waals surface area contributed by atoms with E-state index in [0.717, 1.165) is 0 Å². The Hall–Kier alpha value is -4.22. The van der Waals surface area contributed by atoms with Gasteiger partial charge in [0.2, 0.25) is 0 Å². The highest BCUT2D eigenvalue weighted by Crippen LogP contribution is 2.29. The monoisotopic (exact) mass is 465 g/mol. The van der Waals surface area contributed by atoms with Crippen molar-refractivity contribution in [2.75, 3.05) is 31.5 Å². The van der Waals surface area contributed by atoms with Crippen LogP contribution >= 0.6 is 11.6 Å². The SMILES string of the molecule is COc1ccc(NC(=O)COc2ccc(C(=O)Nc3ccc(C#N)c(Cl)c3)cc2OC)cc1. The average molecular weight is 466 g/mol. The van der Waals surface area contributed by atoms with Crippen LogP contribution in [0.5, 0.6) is 17.2 Å². The summed E-state index contributed by atoms with van der Waals surface area (Å²) in [6.07, 6.45) is 0. The standard InChI is InChI=1S/C24H20ClN3O5/c1-31-19-8-6-17(7-9-19)27-23(29)14-33-21-10-4-15(11-22(21)32-2)24(30)28-18-5-3-16(13-26)20(25)12-18/h3-12H,14H2,1-2H3,(H,27,29)(H,28,30). The molecule has 0 bridgehead atoms. The second-order valence-corrected chi connectivity index (χ2v) is 7.10. The summed E-state index contributed by atoms with van der Waals surface area (Å²) in [6, 6.07) is 18.0. The molecular formula is C24H20ClN3O5. The van der Waals surface area contributed by atoms with E-state index >= 15 is 0 Å². The Balaban J connectivity index is 1.62. The average Bonchev–Trinajstić information content (AvgIpc) is 2.83. The molecule has 0 unspecified atom stereocenters. The molecule has 8 nitrogen and oxygen atoms in total. The molecule has 0 saturated carbocycles. The van der Waals surface area contributed by atoms with Gasteiger partial charge in [-0.25, -0.2) is 0 Å². The summed E-state index contributed by atoms with van der Waals surface area (Å²) < 4.78 is 15.9. The molecule has 3 aromatic rings. The summed E-state index contributed by atoms with van der Waals surface area (Å²) >= 11 is 6.00. The highest BCUT2D eigenvalue weighted by molar-refractivity contribution is 6.32. The molecule has 9 heteroatoms. The molecule has 0 spiro atoms. The predicted octanol–water partition coefficient (Wildman–Crippen LogP) is 4.50. The van der Waals surface area contributed by atoms with Gasteiger partial charge in [-0.1, -0.05) is 11.6 Å². The Morgan fingerprint density at radius 1 is 0.909 bits per heavy atom. The van der Waals surface area contributed by atoms with E-state index in [1.807, 2.05) is 6.07 Å². The number of nitrogens with one attached hydrogen (secondary N) is 2. The zero-order valence-electron chi connectivity index (χ0n) is 17.8. The summed E-state index contributed by atoms with van der Waals surface area (Å²) in [6.45, 7) is -0.252. The molecule has 33 heavy (non-hydrogen) atoms. The number of nitrogens with zero attached hydrogens (tertiary/aromatic N) is 1. The third-order valence-electron chi connectivity index (χ3n) is 4.51. The van der Waals surface area contributed by atoms with E-state index in [9.17, 15) is 9.59 Å². The molecular weight excluding hydrogens is 446 g/mol. The summed E-state index contributed by atoms with van der Waals surface area (Å²) in [5.74, 6) is 0.512. The number of hydrogen-bond acceptors (Lipinski definition) is 6. The van der Waals surface area contributed by atoms with Crippen molar-refractivity contribution in [3.05, 3.63) is 76.8 Å². The van der Waals surface area contributed by atoms with Crippen LogP contribution in [-0.4, -0.2) is 32.6 Å². The molecule has 2 amide bonds. The van der Waals surface area contributed by atoms with E-state index in [0.29, 0.717) is 34.0 Å². The van der Waals surface area contributed by atoms with Crippen molar-refractivity contribution in [1.82, 2.24) is 0 Å². The van der Waals surface area contributed by atoms with E-state index in [-0.39, 0.29) is 23.3 Å². The van der Waals surface area contributed by atoms with Crippen molar-refractivity contribution in [3.8, 4) is 23.3 Å². The highest BCUT2D eigenvalue weighted by atomic mass is 35.5. The zero-order chi connectivity index (χ0) is 23.8. The van der Waals surface area contributed by atoms with E-state index in [1.165, 1.54) is 25.3 Å². The number of methoxy groups -OCH3 is 2. The number of halogens is 1. The van der Waals surface area contributed by atoms with Gasteiger partial charge >= 0.3 is 0 Å². The fraction of sp³-hybridized carbons (Fsp3) is 0.125. The maximum Gasteiger partial charge on any atom is 0.262 e. The molecule has 0 aliphatic rings. The van der Waals surface area contributed by atoms with Gasteiger partial charge < -0.3 is 24.8 Å².